The molecule has 3 heteroatoms. The van der Waals surface area contributed by atoms with Gasteiger partial charge in [-0.3, -0.25) is 0 Å². The van der Waals surface area contributed by atoms with E-state index in [-0.39, 0.29) is 11.5 Å². The lowest BCUT2D eigenvalue weighted by Crippen LogP contribution is -2.28. The fraction of sp³-hybridized carbons (Fsp3) is 0.600. The Morgan fingerprint density at radius 1 is 1.62 bits per heavy atom. The molecule has 0 saturated carbocycles. The van der Waals surface area contributed by atoms with Crippen LogP contribution in [-0.4, -0.2) is 0 Å². The summed E-state index contributed by atoms with van der Waals surface area (Å²) in [6, 6.07) is 1.82. The van der Waals surface area contributed by atoms with Crippen molar-refractivity contribution >= 4 is 15.9 Å². The number of rotatable bonds is 3. The molecule has 2 N–H and O–H groups in total. The Hall–Kier alpha value is -0.280. The standard InChI is InChI=1S/C10H16BrNO/c1-4-10(2,3)9(12)8-7(11)5-6-13-8/h5-6,9H,4,12H2,1-3H3. The minimum Gasteiger partial charge on any atom is -0.466 e. The third-order valence-corrected chi connectivity index (χ3v) is 3.34. The van der Waals surface area contributed by atoms with Crippen LogP contribution >= 0.6 is 15.9 Å². The molecule has 74 valence electrons. The van der Waals surface area contributed by atoms with Gasteiger partial charge in [-0.1, -0.05) is 20.8 Å². The summed E-state index contributed by atoms with van der Waals surface area (Å²) < 4.78 is 6.30. The van der Waals surface area contributed by atoms with E-state index in [1.807, 2.05) is 6.07 Å². The number of halogens is 1. The maximum absolute atomic E-state index is 6.10. The highest BCUT2D eigenvalue weighted by atomic mass is 79.9. The lowest BCUT2D eigenvalue weighted by molar-refractivity contribution is 0.246. The van der Waals surface area contributed by atoms with Crippen LogP contribution in [-0.2, 0) is 0 Å². The van der Waals surface area contributed by atoms with Gasteiger partial charge in [0.05, 0.1) is 16.8 Å². The minimum atomic E-state index is -0.0538. The third kappa shape index (κ3) is 2.15. The van der Waals surface area contributed by atoms with E-state index in [1.165, 1.54) is 0 Å². The Labute approximate surface area is 87.6 Å². The van der Waals surface area contributed by atoms with Gasteiger partial charge in [-0.05, 0) is 33.8 Å². The number of hydrogen-bond acceptors (Lipinski definition) is 2. The Bertz CT molecular complexity index is 280. The Balaban J connectivity index is 2.91. The average molecular weight is 246 g/mol. The molecule has 1 atom stereocenters. The maximum atomic E-state index is 6.10. The van der Waals surface area contributed by atoms with Crippen molar-refractivity contribution in [3.63, 3.8) is 0 Å². The average Bonchev–Trinajstić information content (AvgIpc) is 2.50. The molecular formula is C10H16BrNO. The van der Waals surface area contributed by atoms with Crippen molar-refractivity contribution in [2.45, 2.75) is 33.2 Å². The molecule has 1 aromatic rings. The van der Waals surface area contributed by atoms with Crippen molar-refractivity contribution in [1.82, 2.24) is 0 Å². The highest BCUT2D eigenvalue weighted by molar-refractivity contribution is 9.10. The fourth-order valence-electron chi connectivity index (χ4n) is 1.10. The molecule has 0 fully saturated rings. The first-order valence-corrected chi connectivity index (χ1v) is 5.27. The minimum absolute atomic E-state index is 0.0538. The SMILES string of the molecule is CCC(C)(C)C(N)c1occc1Br. The van der Waals surface area contributed by atoms with Crippen molar-refractivity contribution in [2.75, 3.05) is 0 Å². The zero-order chi connectivity index (χ0) is 10.1. The summed E-state index contributed by atoms with van der Waals surface area (Å²) in [7, 11) is 0. The molecule has 1 heterocycles. The van der Waals surface area contributed by atoms with Gasteiger partial charge < -0.3 is 10.2 Å². The molecule has 0 aliphatic rings. The molecule has 0 aliphatic heterocycles. The van der Waals surface area contributed by atoms with Crippen LogP contribution in [0.3, 0.4) is 0 Å². The Morgan fingerprint density at radius 2 is 2.23 bits per heavy atom. The van der Waals surface area contributed by atoms with Gasteiger partial charge in [0.2, 0.25) is 0 Å². The number of furan rings is 1. The van der Waals surface area contributed by atoms with Gasteiger partial charge in [0.1, 0.15) is 5.76 Å². The van der Waals surface area contributed by atoms with Crippen molar-refractivity contribution in [2.24, 2.45) is 11.1 Å². The summed E-state index contributed by atoms with van der Waals surface area (Å²) in [4.78, 5) is 0. The quantitative estimate of drug-likeness (QED) is 0.886. The Morgan fingerprint density at radius 3 is 2.62 bits per heavy atom. The molecule has 0 aromatic carbocycles. The normalized spacial score (nSPS) is 14.5. The topological polar surface area (TPSA) is 39.2 Å². The molecule has 0 amide bonds. The molecule has 1 aromatic heterocycles. The molecule has 1 rings (SSSR count). The van der Waals surface area contributed by atoms with E-state index in [1.54, 1.807) is 6.26 Å². The second-order valence-corrected chi connectivity index (χ2v) is 4.81. The van der Waals surface area contributed by atoms with Crippen LogP contribution in [0.1, 0.15) is 39.0 Å². The summed E-state index contributed by atoms with van der Waals surface area (Å²) in [5, 5.41) is 0. The molecule has 0 spiro atoms. The van der Waals surface area contributed by atoms with Gasteiger partial charge in [0.25, 0.3) is 0 Å². The van der Waals surface area contributed by atoms with E-state index in [4.69, 9.17) is 10.2 Å². The Kier molecular flexibility index (Phi) is 3.19. The molecule has 13 heavy (non-hydrogen) atoms. The van der Waals surface area contributed by atoms with Gasteiger partial charge in [0, 0.05) is 0 Å². The van der Waals surface area contributed by atoms with Gasteiger partial charge in [-0.15, -0.1) is 0 Å². The van der Waals surface area contributed by atoms with E-state index in [0.717, 1.165) is 16.7 Å². The van der Waals surface area contributed by atoms with E-state index in [9.17, 15) is 0 Å². The second kappa shape index (κ2) is 3.84. The third-order valence-electron chi connectivity index (χ3n) is 2.68. The first-order chi connectivity index (χ1) is 5.99. The highest BCUT2D eigenvalue weighted by Crippen LogP contribution is 2.37. The number of hydrogen-bond donors (Lipinski definition) is 1. The smallest absolute Gasteiger partial charge is 0.135 e. The monoisotopic (exact) mass is 245 g/mol. The molecule has 0 aliphatic carbocycles. The van der Waals surface area contributed by atoms with Crippen LogP contribution in [0.4, 0.5) is 0 Å². The summed E-state index contributed by atoms with van der Waals surface area (Å²) in [5.74, 6) is 0.840. The molecule has 2 nitrogen and oxygen atoms in total. The molecule has 0 saturated heterocycles. The summed E-state index contributed by atoms with van der Waals surface area (Å²) >= 11 is 3.41. The summed E-state index contributed by atoms with van der Waals surface area (Å²) in [6.45, 7) is 6.43. The van der Waals surface area contributed by atoms with Crippen LogP contribution in [0.15, 0.2) is 21.2 Å². The lowest BCUT2D eigenvalue weighted by Gasteiger charge is -2.28. The number of nitrogens with two attached hydrogens (primary N) is 1. The van der Waals surface area contributed by atoms with Gasteiger partial charge >= 0.3 is 0 Å². The molecule has 0 radical (unpaired) electrons. The van der Waals surface area contributed by atoms with Crippen molar-refractivity contribution in [1.29, 1.82) is 0 Å². The van der Waals surface area contributed by atoms with Gasteiger partial charge in [0.15, 0.2) is 0 Å². The summed E-state index contributed by atoms with van der Waals surface area (Å²) in [5.41, 5.74) is 6.17. The first kappa shape index (κ1) is 10.8. The zero-order valence-electron chi connectivity index (χ0n) is 8.30. The lowest BCUT2D eigenvalue weighted by atomic mass is 9.81. The van der Waals surface area contributed by atoms with Gasteiger partial charge in [-0.25, -0.2) is 0 Å². The predicted molar refractivity (Wildman–Crippen MR) is 57.4 cm³/mol. The van der Waals surface area contributed by atoms with Crippen molar-refractivity contribution in [3.05, 3.63) is 22.6 Å². The van der Waals surface area contributed by atoms with Crippen molar-refractivity contribution in [3.8, 4) is 0 Å². The second-order valence-electron chi connectivity index (χ2n) is 3.95. The van der Waals surface area contributed by atoms with Crippen LogP contribution in [0, 0.1) is 5.41 Å². The molecule has 0 bridgehead atoms. The largest absolute Gasteiger partial charge is 0.466 e. The summed E-state index contributed by atoms with van der Waals surface area (Å²) in [6.07, 6.45) is 2.69. The van der Waals surface area contributed by atoms with Crippen LogP contribution in [0.2, 0.25) is 0 Å². The van der Waals surface area contributed by atoms with Crippen molar-refractivity contribution < 1.29 is 4.42 Å². The maximum Gasteiger partial charge on any atom is 0.135 e. The fourth-order valence-corrected chi connectivity index (χ4v) is 1.55. The van der Waals surface area contributed by atoms with E-state index < -0.39 is 0 Å². The van der Waals surface area contributed by atoms with E-state index in [0.29, 0.717) is 0 Å². The molecule has 1 unspecified atom stereocenters. The van der Waals surface area contributed by atoms with E-state index >= 15 is 0 Å². The first-order valence-electron chi connectivity index (χ1n) is 4.47. The van der Waals surface area contributed by atoms with Gasteiger partial charge in [-0.2, -0.15) is 0 Å². The van der Waals surface area contributed by atoms with E-state index in [2.05, 4.69) is 36.7 Å². The highest BCUT2D eigenvalue weighted by Gasteiger charge is 2.29. The van der Waals surface area contributed by atoms with Crippen LogP contribution in [0.25, 0.3) is 0 Å². The van der Waals surface area contributed by atoms with Crippen LogP contribution < -0.4 is 5.73 Å². The zero-order valence-corrected chi connectivity index (χ0v) is 9.89. The predicted octanol–water partition coefficient (Wildman–Crippen LogP) is 3.48. The van der Waals surface area contributed by atoms with Crippen LogP contribution in [0.5, 0.6) is 0 Å². The molecular weight excluding hydrogens is 230 g/mol.